The summed E-state index contributed by atoms with van der Waals surface area (Å²) >= 11 is 0. The molecular weight excluding hydrogens is 826 g/mol. The summed E-state index contributed by atoms with van der Waals surface area (Å²) in [5.74, 6) is -17.5. The van der Waals surface area contributed by atoms with Crippen LogP contribution in [0.5, 0.6) is 0 Å². The van der Waals surface area contributed by atoms with Gasteiger partial charge < -0.3 is 94.3 Å². The van der Waals surface area contributed by atoms with Gasteiger partial charge in [-0.2, -0.15) is 0 Å². The Morgan fingerprint density at radius 2 is 0.764 bits per heavy atom. The number of carbonyl (C=O) groups is 8. The van der Waals surface area contributed by atoms with Crippen molar-refractivity contribution in [3.8, 4) is 0 Å². The second-order valence-corrected chi connectivity index (χ2v) is 10.2. The summed E-state index contributed by atoms with van der Waals surface area (Å²) in [7, 11) is 0. The van der Waals surface area contributed by atoms with Crippen LogP contribution >= 0.6 is 0 Å². The number of carboxylic acid groups (broad SMARTS) is 2. The van der Waals surface area contributed by atoms with Crippen molar-refractivity contribution < 1.29 is 310 Å². The largest absolute Gasteiger partial charge is 1.00 e. The fourth-order valence-electron chi connectivity index (χ4n) is 3.36. The quantitative estimate of drug-likeness (QED) is 0.0234. The van der Waals surface area contributed by atoms with Gasteiger partial charge in [-0.3, -0.25) is 19.2 Å². The van der Waals surface area contributed by atoms with Crippen molar-refractivity contribution in [2.45, 2.75) is 85.7 Å². The van der Waals surface area contributed by atoms with Crippen molar-refractivity contribution >= 4 is 47.8 Å². The van der Waals surface area contributed by atoms with Crippen LogP contribution in [0.4, 0.5) is 0 Å². The molecule has 31 heteroatoms. The molecule has 0 radical (unpaired) electrons. The Labute approximate surface area is 450 Å². The van der Waals surface area contributed by atoms with Gasteiger partial charge in [0.25, 0.3) is 0 Å². The van der Waals surface area contributed by atoms with E-state index in [1.54, 1.807) is 0 Å². The van der Waals surface area contributed by atoms with E-state index in [0.29, 0.717) is 0 Å². The van der Waals surface area contributed by atoms with Gasteiger partial charge in [0.05, 0.1) is 38.9 Å². The van der Waals surface area contributed by atoms with Crippen molar-refractivity contribution in [2.75, 3.05) is 13.2 Å². The number of aliphatic carboxylic acids is 2. The first kappa shape index (κ1) is 71.4. The molecule has 0 aromatic carbocycles. The fourth-order valence-corrected chi connectivity index (χ4v) is 3.36. The van der Waals surface area contributed by atoms with Crippen LogP contribution in [0.2, 0.25) is 0 Å². The van der Waals surface area contributed by atoms with E-state index in [1.807, 2.05) is 0 Å². The first-order chi connectivity index (χ1) is 22.4. The number of hydrogen-bond donors (Lipinski definition) is 14. The Morgan fingerprint density at radius 1 is 0.473 bits per heavy atom. The van der Waals surface area contributed by atoms with Gasteiger partial charge in [-0.25, -0.2) is 19.2 Å². The number of carboxylic acids is 2. The molecule has 0 rings (SSSR count). The Hall–Kier alpha value is 1.88. The molecule has 0 aliphatic rings. The van der Waals surface area contributed by atoms with E-state index in [0.717, 1.165) is 0 Å². The number of hydrogen-bond acceptors (Lipinski definition) is 23. The Balaban J connectivity index is -0.000000175. The third kappa shape index (κ3) is 24.2. The van der Waals surface area contributed by atoms with E-state index in [4.69, 9.17) is 20.4 Å². The Morgan fingerprint density at radius 3 is 1.04 bits per heavy atom. The average Bonchev–Trinajstić information content (AvgIpc) is 3.00. The van der Waals surface area contributed by atoms with E-state index < -0.39 is 147 Å². The molecular formula is C24H40Na6O25. The Bertz CT molecular complexity index is 1230. The summed E-state index contributed by atoms with van der Waals surface area (Å²) in [6.07, 6.45) is -27.7. The molecule has 0 aromatic rings. The summed E-state index contributed by atoms with van der Waals surface area (Å²) < 4.78 is 12.2. The van der Waals surface area contributed by atoms with Gasteiger partial charge in [-0.1, -0.05) is 0 Å². The van der Waals surface area contributed by atoms with E-state index >= 15 is 0 Å². The number of rotatable bonds is 20. The van der Waals surface area contributed by atoms with Gasteiger partial charge in [0.1, 0.15) is 36.6 Å². The molecule has 0 saturated carbocycles. The van der Waals surface area contributed by atoms with Crippen molar-refractivity contribution in [2.24, 2.45) is 0 Å². The first-order valence-electron chi connectivity index (χ1n) is 13.2. The fraction of sp³-hybridized carbons (Fsp3) is 0.667. The molecule has 0 bridgehead atoms. The van der Waals surface area contributed by atoms with Gasteiger partial charge in [0.2, 0.25) is 0 Å². The van der Waals surface area contributed by atoms with Crippen LogP contribution in [0, 0.1) is 0 Å². The third-order valence-electron chi connectivity index (χ3n) is 6.16. The van der Waals surface area contributed by atoms with Crippen molar-refractivity contribution in [3.05, 3.63) is 0 Å². The molecule has 1 unspecified atom stereocenters. The number of aliphatic hydroxyl groups excluding tert-OH is 10. The van der Waals surface area contributed by atoms with Crippen LogP contribution in [0.3, 0.4) is 0 Å². The summed E-state index contributed by atoms with van der Waals surface area (Å²) in [4.78, 5) is 95.9. The summed E-state index contributed by atoms with van der Waals surface area (Å²) in [5.41, 5.74) is -7.26. The number of ether oxygens (including phenoxy) is 3. The zero-order valence-corrected chi connectivity index (χ0v) is 42.6. The molecule has 14 N–H and O–H groups in total. The molecule has 0 aromatic heterocycles. The van der Waals surface area contributed by atoms with Crippen molar-refractivity contribution in [3.63, 3.8) is 0 Å². The number of aliphatic hydroxyl groups is 12. The second-order valence-electron chi connectivity index (χ2n) is 10.2. The van der Waals surface area contributed by atoms with Crippen molar-refractivity contribution in [1.82, 2.24) is 0 Å². The molecule has 0 spiro atoms. The molecule has 0 aliphatic heterocycles. The van der Waals surface area contributed by atoms with Crippen LogP contribution in [0.15, 0.2) is 0 Å². The summed E-state index contributed by atoms with van der Waals surface area (Å²) in [6, 6.07) is 0. The van der Waals surface area contributed by atoms with E-state index in [1.165, 1.54) is 0 Å². The minimum atomic E-state index is -3.83. The predicted octanol–water partition coefficient (Wildman–Crippen LogP) is -27.0. The number of carbonyl (C=O) groups excluding carboxylic acids is 6. The topological polar surface area (TPSA) is 447 Å². The smallest absolute Gasteiger partial charge is 1.00 e. The molecule has 9 atom stereocenters. The number of esters is 6. The van der Waals surface area contributed by atoms with Gasteiger partial charge in [-0.15, -0.1) is 0 Å². The van der Waals surface area contributed by atoms with Crippen LogP contribution in [-0.4, -0.2) is 192 Å². The molecule has 0 heterocycles. The molecule has 0 saturated heterocycles. The molecule has 25 nitrogen and oxygen atoms in total. The van der Waals surface area contributed by atoms with Gasteiger partial charge in [0, 0.05) is 0 Å². The zero-order chi connectivity index (χ0) is 38.6. The minimum absolute atomic E-state index is 0. The molecule has 0 aliphatic carbocycles. The normalized spacial score (nSPS) is 15.9. The van der Waals surface area contributed by atoms with Crippen LogP contribution < -0.4 is 177 Å². The molecule has 292 valence electrons. The molecule has 55 heavy (non-hydrogen) atoms. The van der Waals surface area contributed by atoms with Crippen LogP contribution in [-0.2, 0) is 52.6 Å². The summed E-state index contributed by atoms with van der Waals surface area (Å²) in [6.45, 7) is -2.40. The van der Waals surface area contributed by atoms with E-state index in [2.05, 4.69) is 14.2 Å². The second kappa shape index (κ2) is 33.5. The van der Waals surface area contributed by atoms with E-state index in [-0.39, 0.29) is 186 Å². The van der Waals surface area contributed by atoms with Crippen LogP contribution in [0.25, 0.3) is 0 Å². The SMILES string of the molecule is O=C(O)CC(O)(CC(=O)OC(=O)C(O)(CC(=O)OC(=O)[C@H](O)[C@@H](O)[C@H](O)[C@H](O)CO)CC(=O)OC(=O)[C@H](O)[C@@H](O)[C@H](O)[C@H](O)CO)C(=O)O.[H-].[H-].[H-].[H-].[H-].[H-].[Na+].[Na+].[Na+].[Na+].[Na+].[Na+]. The molecule has 0 fully saturated rings. The van der Waals surface area contributed by atoms with Crippen molar-refractivity contribution in [1.29, 1.82) is 0 Å². The first-order valence-corrected chi connectivity index (χ1v) is 13.2. The summed E-state index contributed by atoms with van der Waals surface area (Å²) in [5, 5.41) is 133. The average molecular weight is 866 g/mol. The minimum Gasteiger partial charge on any atom is -1.00 e. The maximum atomic E-state index is 12.7. The van der Waals surface area contributed by atoms with Gasteiger partial charge >= 0.3 is 225 Å². The third-order valence-corrected chi connectivity index (χ3v) is 6.16. The standard InChI is InChI=1S/C24H34O25.6Na.6H/c25-5-7(27)13(34)15(36)17(38)19(40)47-10(31)3-24(46,22(44)49-12(33)2-23(45,21(42)43)1-9(29)30)4-11(32)48-20(41)18(39)16(37)14(35)8(28)6-26;;;;;;;;;;;;/h7-8,13-18,25-28,34-39,45-46H,1-6H2,(H,29,30)(H,42,43);;;;;;;;;;;;/q;6*+1;6*-1/t7-,8-,13-,14-,15+,16+,17-,18-,23?;;;;;;;;;;;;/m1............/s1. The zero-order valence-electron chi connectivity index (χ0n) is 36.6. The maximum Gasteiger partial charge on any atom is 1.00 e. The Kier molecular flexibility index (Phi) is 43.5. The van der Waals surface area contributed by atoms with Gasteiger partial charge in [-0.05, 0) is 0 Å². The monoisotopic (exact) mass is 866 g/mol. The van der Waals surface area contributed by atoms with Crippen LogP contribution in [0.1, 0.15) is 34.2 Å². The molecule has 0 amide bonds. The van der Waals surface area contributed by atoms with E-state index in [9.17, 15) is 89.4 Å². The predicted molar refractivity (Wildman–Crippen MR) is 146 cm³/mol. The maximum absolute atomic E-state index is 12.7. The van der Waals surface area contributed by atoms with Gasteiger partial charge in [0.15, 0.2) is 23.4 Å².